The molecule has 12 heteroatoms. The van der Waals surface area contributed by atoms with Crippen LogP contribution < -0.4 is 4.74 Å². The Morgan fingerprint density at radius 2 is 1.57 bits per heavy atom. The Hall–Kier alpha value is -2.41. The number of methoxy groups -OCH3 is 1. The molecule has 1 amide bonds. The average Bonchev–Trinajstić information content (AvgIpc) is 3.48. The maximum atomic E-state index is 14.5. The number of carbonyl (C=O) groups is 2. The molecular formula is C35H54N2O9S. The van der Waals surface area contributed by atoms with E-state index in [9.17, 15) is 18.0 Å². The minimum atomic E-state index is -3.95. The Bertz CT molecular complexity index is 1340. The second kappa shape index (κ2) is 14.6. The van der Waals surface area contributed by atoms with Crippen molar-refractivity contribution in [1.29, 1.82) is 0 Å². The lowest BCUT2D eigenvalue weighted by molar-refractivity contribution is -0.261. The first-order valence-corrected chi connectivity index (χ1v) is 18.9. The summed E-state index contributed by atoms with van der Waals surface area (Å²) in [4.78, 5) is 26.4. The van der Waals surface area contributed by atoms with Crippen molar-refractivity contribution in [3.8, 4) is 5.75 Å². The van der Waals surface area contributed by atoms with Crippen molar-refractivity contribution in [3.05, 3.63) is 24.3 Å². The maximum absolute atomic E-state index is 14.5. The SMILES string of the molecule is COc1ccc(S(=O)(=O)N2C[C@@]3(CCCCCCCCCCC(=O)O)CN(C(=O)OC(C)(C)C)C[C@H]4CC5(OCCO5)[C@@H]2C[C@H]43)cc1. The molecule has 4 atom stereocenters. The molecule has 0 unspecified atom stereocenters. The number of unbranched alkanes of at least 4 members (excludes halogenated alkanes) is 7. The maximum Gasteiger partial charge on any atom is 0.410 e. The highest BCUT2D eigenvalue weighted by Crippen LogP contribution is 2.59. The number of rotatable bonds is 14. The van der Waals surface area contributed by atoms with Gasteiger partial charge in [-0.3, -0.25) is 4.79 Å². The van der Waals surface area contributed by atoms with Crippen molar-refractivity contribution >= 4 is 22.1 Å². The van der Waals surface area contributed by atoms with Crippen LogP contribution in [-0.2, 0) is 29.0 Å². The quantitative estimate of drug-likeness (QED) is 0.233. The van der Waals surface area contributed by atoms with Gasteiger partial charge in [0.1, 0.15) is 11.4 Å². The zero-order chi connectivity index (χ0) is 33.9. The highest BCUT2D eigenvalue weighted by atomic mass is 32.2. The number of benzene rings is 1. The van der Waals surface area contributed by atoms with Crippen molar-refractivity contribution < 1.29 is 42.1 Å². The standard InChI is InChI=1S/C35H54N2O9S/c1-33(2,3)46-32(40)36-23-26-22-35(44-19-20-45-35)30-21-29(26)34(24-36,18-12-10-8-6-5-7-9-11-13-31(38)39)25-37(30)47(41,42)28-16-14-27(43-4)15-17-28/h14-17,26,29-30H,5-13,18-25H2,1-4H3,(H,38,39)/t26-,29-,30+,34-/m1/s1. The molecule has 0 aromatic heterocycles. The van der Waals surface area contributed by atoms with E-state index >= 15 is 0 Å². The number of sulfonamides is 1. The van der Waals surface area contributed by atoms with Crippen LogP contribution in [0.4, 0.5) is 4.79 Å². The fourth-order valence-electron chi connectivity index (χ4n) is 8.51. The topological polar surface area (TPSA) is 132 Å². The van der Waals surface area contributed by atoms with Crippen LogP contribution in [0.15, 0.2) is 29.2 Å². The van der Waals surface area contributed by atoms with Gasteiger partial charge in [0, 0.05) is 37.9 Å². The summed E-state index contributed by atoms with van der Waals surface area (Å²) in [5, 5.41) is 8.84. The summed E-state index contributed by atoms with van der Waals surface area (Å²) in [7, 11) is -2.40. The van der Waals surface area contributed by atoms with Crippen LogP contribution in [0.5, 0.6) is 5.75 Å². The predicted molar refractivity (Wildman–Crippen MR) is 176 cm³/mol. The molecule has 2 bridgehead atoms. The molecular weight excluding hydrogens is 624 g/mol. The van der Waals surface area contributed by atoms with E-state index in [0.717, 1.165) is 57.8 Å². The predicted octanol–water partition coefficient (Wildman–Crippen LogP) is 6.06. The van der Waals surface area contributed by atoms with Gasteiger partial charge in [0.25, 0.3) is 0 Å². The first-order valence-electron chi connectivity index (χ1n) is 17.4. The van der Waals surface area contributed by atoms with Crippen LogP contribution in [0.3, 0.4) is 0 Å². The highest BCUT2D eigenvalue weighted by Gasteiger charge is 2.66. The number of amides is 1. The van der Waals surface area contributed by atoms with E-state index in [4.69, 9.17) is 24.1 Å². The number of piperidine rings is 2. The molecule has 3 aliphatic heterocycles. The monoisotopic (exact) mass is 678 g/mol. The number of fused-ring (bicyclic) bond motifs is 2. The molecule has 4 fully saturated rings. The highest BCUT2D eigenvalue weighted by molar-refractivity contribution is 7.89. The van der Waals surface area contributed by atoms with E-state index in [-0.39, 0.29) is 35.8 Å². The van der Waals surface area contributed by atoms with Gasteiger partial charge in [0.2, 0.25) is 10.0 Å². The molecule has 5 rings (SSSR count). The third kappa shape index (κ3) is 8.08. The number of carbonyl (C=O) groups excluding carboxylic acids is 1. The van der Waals surface area contributed by atoms with Gasteiger partial charge in [-0.05, 0) is 76.1 Å². The summed E-state index contributed by atoms with van der Waals surface area (Å²) in [5.41, 5.74) is -1.09. The average molecular weight is 679 g/mol. The molecule has 1 saturated carbocycles. The van der Waals surface area contributed by atoms with Crippen LogP contribution in [0.25, 0.3) is 0 Å². The second-order valence-electron chi connectivity index (χ2n) is 15.0. The lowest BCUT2D eigenvalue weighted by atomic mass is 9.55. The molecule has 264 valence electrons. The number of likely N-dealkylation sites (tertiary alicyclic amines) is 1. The number of hydrogen-bond acceptors (Lipinski definition) is 8. The van der Waals surface area contributed by atoms with Gasteiger partial charge >= 0.3 is 12.1 Å². The fourth-order valence-corrected chi connectivity index (χ4v) is 10.3. The lowest BCUT2D eigenvalue weighted by Crippen LogP contribution is -2.73. The van der Waals surface area contributed by atoms with E-state index in [0.29, 0.717) is 44.9 Å². The molecule has 0 radical (unpaired) electrons. The summed E-state index contributed by atoms with van der Waals surface area (Å²) in [6, 6.07) is 6.07. The Morgan fingerprint density at radius 3 is 2.17 bits per heavy atom. The number of carboxylic acids is 1. The van der Waals surface area contributed by atoms with Gasteiger partial charge in [0.15, 0.2) is 5.79 Å². The van der Waals surface area contributed by atoms with Crippen molar-refractivity contribution in [2.24, 2.45) is 17.3 Å². The largest absolute Gasteiger partial charge is 0.497 e. The van der Waals surface area contributed by atoms with Gasteiger partial charge in [-0.2, -0.15) is 4.31 Å². The number of hydrogen-bond donors (Lipinski definition) is 1. The van der Waals surface area contributed by atoms with Gasteiger partial charge < -0.3 is 29.0 Å². The van der Waals surface area contributed by atoms with Crippen molar-refractivity contribution in [1.82, 2.24) is 9.21 Å². The van der Waals surface area contributed by atoms with Gasteiger partial charge in [-0.1, -0.05) is 44.9 Å². The summed E-state index contributed by atoms with van der Waals surface area (Å²) in [5.74, 6) is -0.878. The van der Waals surface area contributed by atoms with Gasteiger partial charge in [-0.25, -0.2) is 13.2 Å². The Balaban J connectivity index is 1.39. The Labute approximate surface area is 280 Å². The van der Waals surface area contributed by atoms with Crippen LogP contribution in [0, 0.1) is 17.3 Å². The van der Waals surface area contributed by atoms with E-state index in [1.807, 2.05) is 25.7 Å². The zero-order valence-electron chi connectivity index (χ0n) is 28.6. The second-order valence-corrected chi connectivity index (χ2v) is 16.9. The van der Waals surface area contributed by atoms with Crippen LogP contribution in [-0.4, -0.2) is 92.2 Å². The summed E-state index contributed by atoms with van der Waals surface area (Å²) in [6.45, 7) is 7.68. The molecule has 1 aromatic rings. The van der Waals surface area contributed by atoms with Crippen LogP contribution in [0.2, 0.25) is 0 Å². The summed E-state index contributed by atoms with van der Waals surface area (Å²) < 4.78 is 54.5. The molecule has 47 heavy (non-hydrogen) atoms. The van der Waals surface area contributed by atoms with Gasteiger partial charge in [-0.15, -0.1) is 0 Å². The van der Waals surface area contributed by atoms with Crippen molar-refractivity contribution in [3.63, 3.8) is 0 Å². The molecule has 3 heterocycles. The molecule has 1 aliphatic carbocycles. The minimum Gasteiger partial charge on any atom is -0.497 e. The molecule has 11 nitrogen and oxygen atoms in total. The molecule has 1 spiro atoms. The lowest BCUT2D eigenvalue weighted by Gasteiger charge is -2.64. The van der Waals surface area contributed by atoms with Crippen molar-refractivity contribution in [2.75, 3.05) is 40.0 Å². The smallest absolute Gasteiger partial charge is 0.410 e. The molecule has 1 N–H and O–H groups in total. The Morgan fingerprint density at radius 1 is 0.957 bits per heavy atom. The number of ether oxygens (including phenoxy) is 4. The zero-order valence-corrected chi connectivity index (χ0v) is 29.4. The summed E-state index contributed by atoms with van der Waals surface area (Å²) >= 11 is 0. The summed E-state index contributed by atoms with van der Waals surface area (Å²) in [6.07, 6.45) is 9.73. The van der Waals surface area contributed by atoms with Crippen molar-refractivity contribution in [2.45, 2.75) is 120 Å². The normalized spacial score (nSPS) is 27.1. The van der Waals surface area contributed by atoms with Crippen LogP contribution >= 0.6 is 0 Å². The van der Waals surface area contributed by atoms with Gasteiger partial charge in [0.05, 0.1) is 31.3 Å². The third-order valence-corrected chi connectivity index (χ3v) is 12.4. The van der Waals surface area contributed by atoms with E-state index in [1.165, 1.54) is 0 Å². The van der Waals surface area contributed by atoms with E-state index < -0.39 is 38.8 Å². The molecule has 3 saturated heterocycles. The molecule has 4 aliphatic rings. The number of nitrogens with zero attached hydrogens (tertiary/aromatic N) is 2. The number of aliphatic carboxylic acids is 1. The third-order valence-electron chi connectivity index (χ3n) is 10.6. The van der Waals surface area contributed by atoms with E-state index in [1.54, 1.807) is 35.7 Å². The first kappa shape index (κ1) is 35.9. The number of carboxylic acid groups (broad SMARTS) is 1. The minimum absolute atomic E-state index is 0.0993. The fraction of sp³-hybridized carbons (Fsp3) is 0.771. The first-order chi connectivity index (χ1) is 22.3. The molecule has 1 aromatic carbocycles. The van der Waals surface area contributed by atoms with Crippen LogP contribution in [0.1, 0.15) is 97.8 Å². The Kier molecular flexibility index (Phi) is 11.1. The van der Waals surface area contributed by atoms with E-state index in [2.05, 4.69) is 0 Å².